The van der Waals surface area contributed by atoms with Crippen molar-refractivity contribution in [3.05, 3.63) is 29.7 Å². The molecule has 1 aromatic heterocycles. The summed E-state index contributed by atoms with van der Waals surface area (Å²) in [6.45, 7) is 1.82. The van der Waals surface area contributed by atoms with Gasteiger partial charge in [0, 0.05) is 16.6 Å². The van der Waals surface area contributed by atoms with E-state index in [2.05, 4.69) is 10.3 Å². The predicted molar refractivity (Wildman–Crippen MR) is 63.9 cm³/mol. The van der Waals surface area contributed by atoms with Gasteiger partial charge in [-0.25, -0.2) is 9.18 Å². The maximum atomic E-state index is 14.0. The molecule has 0 fully saturated rings. The number of esters is 1. The molecule has 0 aliphatic heterocycles. The summed E-state index contributed by atoms with van der Waals surface area (Å²) in [4.78, 5) is 24.4. The molecule has 1 amide bonds. The minimum atomic E-state index is -0.740. The van der Waals surface area contributed by atoms with Crippen LogP contribution in [0, 0.1) is 5.82 Å². The zero-order valence-electron chi connectivity index (χ0n) is 9.62. The van der Waals surface area contributed by atoms with Crippen LogP contribution in [0.5, 0.6) is 0 Å². The first-order valence-electron chi connectivity index (χ1n) is 5.36. The number of hydrogen-bond donors (Lipinski definition) is 2. The number of halogens is 1. The lowest BCUT2D eigenvalue weighted by atomic mass is 10.2. The van der Waals surface area contributed by atoms with E-state index in [1.807, 2.05) is 0 Å². The van der Waals surface area contributed by atoms with Crippen LogP contribution in [-0.4, -0.2) is 24.0 Å². The lowest BCUT2D eigenvalue weighted by Gasteiger charge is -1.98. The molecule has 1 aromatic carbocycles. The summed E-state index contributed by atoms with van der Waals surface area (Å²) in [5.41, 5.74) is 0.702. The molecule has 5 nitrogen and oxygen atoms in total. The Morgan fingerprint density at radius 3 is 3.00 bits per heavy atom. The second-order valence-electron chi connectivity index (χ2n) is 3.56. The predicted octanol–water partition coefficient (Wildman–Crippen LogP) is 2.05. The van der Waals surface area contributed by atoms with E-state index < -0.39 is 11.8 Å². The van der Waals surface area contributed by atoms with Gasteiger partial charge in [0.2, 0.25) is 6.41 Å². The normalized spacial score (nSPS) is 10.3. The largest absolute Gasteiger partial charge is 0.461 e. The molecule has 2 N–H and O–H groups in total. The van der Waals surface area contributed by atoms with Crippen molar-refractivity contribution in [2.75, 3.05) is 11.9 Å². The van der Waals surface area contributed by atoms with Gasteiger partial charge < -0.3 is 15.0 Å². The Kier molecular flexibility index (Phi) is 3.27. The van der Waals surface area contributed by atoms with Gasteiger partial charge in [-0.2, -0.15) is 0 Å². The van der Waals surface area contributed by atoms with E-state index in [9.17, 15) is 14.0 Å². The van der Waals surface area contributed by atoms with E-state index in [0.29, 0.717) is 17.6 Å². The summed E-state index contributed by atoms with van der Waals surface area (Å²) in [6.07, 6.45) is 0.498. The van der Waals surface area contributed by atoms with E-state index in [-0.39, 0.29) is 17.7 Å². The number of rotatable bonds is 4. The highest BCUT2D eigenvalue weighted by molar-refractivity contribution is 5.96. The fourth-order valence-corrected chi connectivity index (χ4v) is 1.66. The number of aromatic amines is 1. The number of aromatic nitrogens is 1. The molecule has 0 bridgehead atoms. The summed E-state index contributed by atoms with van der Waals surface area (Å²) < 4.78 is 18.7. The first-order valence-corrected chi connectivity index (χ1v) is 5.36. The van der Waals surface area contributed by atoms with Crippen molar-refractivity contribution < 1.29 is 18.7 Å². The number of benzene rings is 1. The van der Waals surface area contributed by atoms with E-state index >= 15 is 0 Å². The summed E-state index contributed by atoms with van der Waals surface area (Å²) >= 11 is 0. The van der Waals surface area contributed by atoms with Crippen molar-refractivity contribution in [3.63, 3.8) is 0 Å². The van der Waals surface area contributed by atoms with Gasteiger partial charge in [0.15, 0.2) is 11.5 Å². The maximum Gasteiger partial charge on any atom is 0.357 e. The van der Waals surface area contributed by atoms with Crippen molar-refractivity contribution >= 4 is 29.0 Å². The highest BCUT2D eigenvalue weighted by Crippen LogP contribution is 2.24. The van der Waals surface area contributed by atoms with Gasteiger partial charge in [-0.1, -0.05) is 0 Å². The Morgan fingerprint density at radius 1 is 1.56 bits per heavy atom. The SMILES string of the molecule is CCOC(=O)c1[nH]c2ccc(NC=O)cc2c1F. The Balaban J connectivity index is 2.49. The molecular formula is C12H11FN2O3. The number of hydrogen-bond acceptors (Lipinski definition) is 3. The van der Waals surface area contributed by atoms with Crippen LogP contribution in [0.25, 0.3) is 10.9 Å². The monoisotopic (exact) mass is 250 g/mol. The molecule has 0 atom stereocenters. The maximum absolute atomic E-state index is 14.0. The number of carbonyl (C=O) groups excluding carboxylic acids is 2. The Hall–Kier alpha value is -2.37. The number of carbonyl (C=O) groups is 2. The lowest BCUT2D eigenvalue weighted by molar-refractivity contribution is -0.105. The molecule has 1 heterocycles. The highest BCUT2D eigenvalue weighted by Gasteiger charge is 2.19. The molecule has 0 saturated carbocycles. The van der Waals surface area contributed by atoms with Crippen LogP contribution in [-0.2, 0) is 9.53 Å². The minimum Gasteiger partial charge on any atom is -0.461 e. The van der Waals surface area contributed by atoms with Crippen LogP contribution >= 0.6 is 0 Å². The second-order valence-corrected chi connectivity index (χ2v) is 3.56. The van der Waals surface area contributed by atoms with Crippen LogP contribution in [0.15, 0.2) is 18.2 Å². The van der Waals surface area contributed by atoms with Crippen molar-refractivity contribution in [2.24, 2.45) is 0 Å². The summed E-state index contributed by atoms with van der Waals surface area (Å²) in [7, 11) is 0. The van der Waals surface area contributed by atoms with E-state index in [1.54, 1.807) is 19.1 Å². The van der Waals surface area contributed by atoms with E-state index in [0.717, 1.165) is 0 Å². The molecule has 94 valence electrons. The third-order valence-corrected chi connectivity index (χ3v) is 2.44. The summed E-state index contributed by atoms with van der Waals surface area (Å²) in [5.74, 6) is -1.42. The van der Waals surface area contributed by atoms with Crippen LogP contribution < -0.4 is 5.32 Å². The van der Waals surface area contributed by atoms with Crippen LogP contribution in [0.2, 0.25) is 0 Å². The van der Waals surface area contributed by atoms with Crippen molar-refractivity contribution in [3.8, 4) is 0 Å². The highest BCUT2D eigenvalue weighted by atomic mass is 19.1. The molecule has 0 unspecified atom stereocenters. The zero-order chi connectivity index (χ0) is 13.1. The Bertz CT molecular complexity index is 607. The molecular weight excluding hydrogens is 239 g/mol. The molecule has 6 heteroatoms. The standard InChI is InChI=1S/C12H11FN2O3/c1-2-18-12(17)11-10(13)8-5-7(14-6-16)3-4-9(8)15-11/h3-6,15H,2H2,1H3,(H,14,16). The van der Waals surface area contributed by atoms with Gasteiger partial charge in [-0.3, -0.25) is 4.79 Å². The van der Waals surface area contributed by atoms with Crippen LogP contribution in [0.3, 0.4) is 0 Å². The number of H-pyrrole nitrogens is 1. The van der Waals surface area contributed by atoms with Crippen molar-refractivity contribution in [1.29, 1.82) is 0 Å². The first-order chi connectivity index (χ1) is 8.67. The van der Waals surface area contributed by atoms with E-state index in [1.165, 1.54) is 6.07 Å². The quantitative estimate of drug-likeness (QED) is 0.644. The van der Waals surface area contributed by atoms with Gasteiger partial charge >= 0.3 is 5.97 Å². The fraction of sp³-hybridized carbons (Fsp3) is 0.167. The number of amides is 1. The Labute approximate surface area is 102 Å². The third kappa shape index (κ3) is 2.04. The van der Waals surface area contributed by atoms with Gasteiger partial charge in [0.05, 0.1) is 6.61 Å². The number of ether oxygens (including phenoxy) is 1. The van der Waals surface area contributed by atoms with Crippen LogP contribution in [0.4, 0.5) is 10.1 Å². The molecule has 0 aliphatic rings. The summed E-state index contributed by atoms with van der Waals surface area (Å²) in [5, 5.41) is 2.64. The topological polar surface area (TPSA) is 71.2 Å². The third-order valence-electron chi connectivity index (χ3n) is 2.44. The molecule has 0 aliphatic carbocycles. The average molecular weight is 250 g/mol. The summed E-state index contributed by atoms with van der Waals surface area (Å²) in [6, 6.07) is 4.62. The van der Waals surface area contributed by atoms with Gasteiger partial charge in [-0.15, -0.1) is 0 Å². The molecule has 2 aromatic rings. The molecule has 0 spiro atoms. The van der Waals surface area contributed by atoms with Crippen molar-refractivity contribution in [2.45, 2.75) is 6.92 Å². The number of nitrogens with one attached hydrogen (secondary N) is 2. The fourth-order valence-electron chi connectivity index (χ4n) is 1.66. The van der Waals surface area contributed by atoms with Crippen molar-refractivity contribution in [1.82, 2.24) is 4.98 Å². The minimum absolute atomic E-state index is 0.172. The van der Waals surface area contributed by atoms with Crippen LogP contribution in [0.1, 0.15) is 17.4 Å². The molecule has 2 rings (SSSR count). The Morgan fingerprint density at radius 2 is 2.33 bits per heavy atom. The molecule has 18 heavy (non-hydrogen) atoms. The van der Waals surface area contributed by atoms with Gasteiger partial charge in [-0.05, 0) is 25.1 Å². The number of fused-ring (bicyclic) bond motifs is 1. The zero-order valence-corrected chi connectivity index (χ0v) is 9.62. The van der Waals surface area contributed by atoms with Gasteiger partial charge in [0.1, 0.15) is 0 Å². The lowest BCUT2D eigenvalue weighted by Crippen LogP contribution is -2.06. The molecule has 0 radical (unpaired) electrons. The van der Waals surface area contributed by atoms with E-state index in [4.69, 9.17) is 4.74 Å². The molecule has 0 saturated heterocycles. The smallest absolute Gasteiger partial charge is 0.357 e. The first kappa shape index (κ1) is 12.1. The average Bonchev–Trinajstić information content (AvgIpc) is 2.68. The number of anilines is 1. The van der Waals surface area contributed by atoms with Gasteiger partial charge in [0.25, 0.3) is 0 Å². The second kappa shape index (κ2) is 4.87.